The Hall–Kier alpha value is -3.15. The first kappa shape index (κ1) is 19.2. The average molecular weight is 358 g/mol. The van der Waals surface area contributed by atoms with Crippen LogP contribution >= 0.6 is 0 Å². The summed E-state index contributed by atoms with van der Waals surface area (Å²) in [5.41, 5.74) is 2.18. The van der Waals surface area contributed by atoms with Gasteiger partial charge in [-0.15, -0.1) is 0 Å². The van der Waals surface area contributed by atoms with Gasteiger partial charge < -0.3 is 23.7 Å². The summed E-state index contributed by atoms with van der Waals surface area (Å²) >= 11 is 0. The Kier molecular flexibility index (Phi) is 6.49. The fraction of sp³-hybridized carbons (Fsp3) is 0.250. The maximum atomic E-state index is 11.9. The molecule has 0 bridgehead atoms. The number of esters is 1. The molecule has 6 heteroatoms. The Morgan fingerprint density at radius 1 is 0.692 bits per heavy atom. The zero-order chi connectivity index (χ0) is 19.1. The number of hydrogen-bond donors (Lipinski definition) is 0. The van der Waals surface area contributed by atoms with Crippen LogP contribution in [0.3, 0.4) is 0 Å². The molecule has 0 saturated carbocycles. The van der Waals surface area contributed by atoms with E-state index in [0.717, 1.165) is 11.1 Å². The monoisotopic (exact) mass is 358 g/mol. The molecule has 0 fully saturated rings. The van der Waals surface area contributed by atoms with Gasteiger partial charge in [-0.3, -0.25) is 0 Å². The van der Waals surface area contributed by atoms with Gasteiger partial charge in [0.1, 0.15) is 0 Å². The molecule has 0 saturated heterocycles. The Morgan fingerprint density at radius 2 is 1.12 bits per heavy atom. The van der Waals surface area contributed by atoms with E-state index < -0.39 is 5.97 Å². The van der Waals surface area contributed by atoms with E-state index >= 15 is 0 Å². The summed E-state index contributed by atoms with van der Waals surface area (Å²) in [5.74, 6) is 1.84. The number of methoxy groups -OCH3 is 5. The van der Waals surface area contributed by atoms with Gasteiger partial charge in [-0.1, -0.05) is 12.1 Å². The smallest absolute Gasteiger partial charge is 0.331 e. The van der Waals surface area contributed by atoms with Crippen molar-refractivity contribution in [1.82, 2.24) is 0 Å². The normalized spacial score (nSPS) is 9.88. The Morgan fingerprint density at radius 3 is 1.46 bits per heavy atom. The quantitative estimate of drug-likeness (QED) is 0.559. The Balaban J connectivity index is 2.62. The summed E-state index contributed by atoms with van der Waals surface area (Å²) < 4.78 is 26.1. The molecule has 0 spiro atoms. The fourth-order valence-corrected chi connectivity index (χ4v) is 2.52. The van der Waals surface area contributed by atoms with Gasteiger partial charge in [0.15, 0.2) is 23.0 Å². The molecular formula is C20H22O6. The van der Waals surface area contributed by atoms with Crippen molar-refractivity contribution in [2.45, 2.75) is 0 Å². The van der Waals surface area contributed by atoms with Crippen LogP contribution in [-0.4, -0.2) is 41.5 Å². The minimum atomic E-state index is -0.468. The van der Waals surface area contributed by atoms with Crippen molar-refractivity contribution in [3.63, 3.8) is 0 Å². The van der Waals surface area contributed by atoms with Crippen LogP contribution in [0.25, 0.3) is 5.57 Å². The second kappa shape index (κ2) is 8.80. The molecular weight excluding hydrogens is 336 g/mol. The average Bonchev–Trinajstić information content (AvgIpc) is 2.70. The molecule has 0 aromatic heterocycles. The van der Waals surface area contributed by atoms with Gasteiger partial charge >= 0.3 is 5.97 Å². The molecule has 0 aliphatic heterocycles. The lowest BCUT2D eigenvalue weighted by Gasteiger charge is -2.14. The van der Waals surface area contributed by atoms with Crippen LogP contribution in [0, 0.1) is 0 Å². The highest BCUT2D eigenvalue weighted by atomic mass is 16.5. The number of hydrogen-bond acceptors (Lipinski definition) is 6. The van der Waals surface area contributed by atoms with Crippen LogP contribution in [-0.2, 0) is 9.53 Å². The Labute approximate surface area is 152 Å². The van der Waals surface area contributed by atoms with Crippen LogP contribution in [0.5, 0.6) is 23.0 Å². The molecule has 2 rings (SSSR count). The maximum absolute atomic E-state index is 11.9. The first-order valence-corrected chi connectivity index (χ1v) is 7.82. The first-order valence-electron chi connectivity index (χ1n) is 7.82. The summed E-state index contributed by atoms with van der Waals surface area (Å²) in [6, 6.07) is 10.8. The number of benzene rings is 2. The van der Waals surface area contributed by atoms with E-state index in [1.54, 1.807) is 52.7 Å². The highest BCUT2D eigenvalue weighted by Crippen LogP contribution is 2.36. The molecule has 2 aromatic rings. The van der Waals surface area contributed by atoms with Crippen LogP contribution in [0.2, 0.25) is 0 Å². The van der Waals surface area contributed by atoms with Crippen LogP contribution in [0.4, 0.5) is 0 Å². The topological polar surface area (TPSA) is 63.2 Å². The van der Waals surface area contributed by atoms with Crippen molar-refractivity contribution in [3.8, 4) is 23.0 Å². The first-order chi connectivity index (χ1) is 12.6. The maximum Gasteiger partial charge on any atom is 0.331 e. The Bertz CT molecular complexity index is 752. The standard InChI is InChI=1S/C20H22O6/c1-22-16-8-6-13(10-18(16)24-3)15(12-20(21)26-5)14-7-9-17(23-2)19(11-14)25-4/h6-12H,1-5H3. The van der Waals surface area contributed by atoms with E-state index in [2.05, 4.69) is 0 Å². The highest BCUT2D eigenvalue weighted by Gasteiger charge is 2.14. The molecule has 0 N–H and O–H groups in total. The van der Waals surface area contributed by atoms with Crippen LogP contribution < -0.4 is 18.9 Å². The largest absolute Gasteiger partial charge is 0.493 e. The lowest BCUT2D eigenvalue weighted by Crippen LogP contribution is -2.00. The molecule has 0 unspecified atom stereocenters. The van der Waals surface area contributed by atoms with E-state index in [4.69, 9.17) is 23.7 Å². The summed E-state index contributed by atoms with van der Waals surface area (Å²) in [7, 11) is 7.58. The third-order valence-corrected chi connectivity index (χ3v) is 3.85. The van der Waals surface area contributed by atoms with Gasteiger partial charge in [0, 0.05) is 6.08 Å². The van der Waals surface area contributed by atoms with Gasteiger partial charge in [0.05, 0.1) is 35.5 Å². The lowest BCUT2D eigenvalue weighted by atomic mass is 9.96. The molecule has 26 heavy (non-hydrogen) atoms. The van der Waals surface area contributed by atoms with Crippen molar-refractivity contribution >= 4 is 11.5 Å². The number of carbonyl (C=O) groups excluding carboxylic acids is 1. The summed E-state index contributed by atoms with van der Waals surface area (Å²) in [4.78, 5) is 11.9. The van der Waals surface area contributed by atoms with E-state index in [1.165, 1.54) is 13.2 Å². The molecule has 0 heterocycles. The zero-order valence-corrected chi connectivity index (χ0v) is 15.5. The van der Waals surface area contributed by atoms with Crippen molar-refractivity contribution < 1.29 is 28.5 Å². The molecule has 0 radical (unpaired) electrons. The molecule has 0 aliphatic carbocycles. The number of rotatable bonds is 7. The van der Waals surface area contributed by atoms with E-state index in [1.807, 2.05) is 12.1 Å². The van der Waals surface area contributed by atoms with Crippen molar-refractivity contribution in [2.75, 3.05) is 35.5 Å². The third-order valence-electron chi connectivity index (χ3n) is 3.85. The van der Waals surface area contributed by atoms with Gasteiger partial charge in [0.25, 0.3) is 0 Å². The van der Waals surface area contributed by atoms with Crippen LogP contribution in [0.15, 0.2) is 42.5 Å². The van der Waals surface area contributed by atoms with Gasteiger partial charge in [-0.2, -0.15) is 0 Å². The van der Waals surface area contributed by atoms with Crippen molar-refractivity contribution in [2.24, 2.45) is 0 Å². The summed E-state index contributed by atoms with van der Waals surface area (Å²) in [6.45, 7) is 0. The molecule has 2 aromatic carbocycles. The van der Waals surface area contributed by atoms with E-state index in [9.17, 15) is 4.79 Å². The SMILES string of the molecule is COC(=O)C=C(c1ccc(OC)c(OC)c1)c1ccc(OC)c(OC)c1. The molecule has 0 aliphatic rings. The molecule has 6 nitrogen and oxygen atoms in total. The van der Waals surface area contributed by atoms with Crippen molar-refractivity contribution in [1.29, 1.82) is 0 Å². The van der Waals surface area contributed by atoms with Gasteiger partial charge in [-0.25, -0.2) is 4.79 Å². The van der Waals surface area contributed by atoms with Gasteiger partial charge in [-0.05, 0) is 41.0 Å². The van der Waals surface area contributed by atoms with Crippen molar-refractivity contribution in [3.05, 3.63) is 53.6 Å². The predicted octanol–water partition coefficient (Wildman–Crippen LogP) is 3.33. The lowest BCUT2D eigenvalue weighted by molar-refractivity contribution is -0.134. The number of ether oxygens (including phenoxy) is 5. The zero-order valence-electron chi connectivity index (χ0n) is 15.5. The minimum absolute atomic E-state index is 0.468. The molecule has 0 atom stereocenters. The number of carbonyl (C=O) groups is 1. The fourth-order valence-electron chi connectivity index (χ4n) is 2.52. The van der Waals surface area contributed by atoms with E-state index in [0.29, 0.717) is 28.6 Å². The second-order valence-electron chi connectivity index (χ2n) is 5.22. The summed E-state index contributed by atoms with van der Waals surface area (Å²) in [6.07, 6.45) is 1.42. The third kappa shape index (κ3) is 4.08. The molecule has 0 amide bonds. The second-order valence-corrected chi connectivity index (χ2v) is 5.22. The predicted molar refractivity (Wildman–Crippen MR) is 98.2 cm³/mol. The van der Waals surface area contributed by atoms with Crippen LogP contribution in [0.1, 0.15) is 11.1 Å². The molecule has 138 valence electrons. The van der Waals surface area contributed by atoms with Gasteiger partial charge in [0.2, 0.25) is 0 Å². The van der Waals surface area contributed by atoms with E-state index in [-0.39, 0.29) is 0 Å². The minimum Gasteiger partial charge on any atom is -0.493 e. The highest BCUT2D eigenvalue weighted by molar-refractivity contribution is 5.96. The summed E-state index contributed by atoms with van der Waals surface area (Å²) in [5, 5.41) is 0.